The van der Waals surface area contributed by atoms with Gasteiger partial charge in [0.2, 0.25) is 0 Å². The number of hydrogen-bond donors (Lipinski definition) is 2. The van der Waals surface area contributed by atoms with Crippen molar-refractivity contribution in [3.05, 3.63) is 55.9 Å². The van der Waals surface area contributed by atoms with Gasteiger partial charge >= 0.3 is 11.9 Å². The predicted octanol–water partition coefficient (Wildman–Crippen LogP) is 2.62. The van der Waals surface area contributed by atoms with Crippen molar-refractivity contribution in [1.29, 1.82) is 0 Å². The van der Waals surface area contributed by atoms with Crippen LogP contribution in [0.2, 0.25) is 0 Å². The average Bonchev–Trinajstić information content (AvgIpc) is 3.38. The molecule has 1 aliphatic carbocycles. The zero-order valence-electron chi connectivity index (χ0n) is 18.5. The van der Waals surface area contributed by atoms with Crippen LogP contribution in [0, 0.1) is 10.1 Å². The van der Waals surface area contributed by atoms with Crippen LogP contribution in [0.1, 0.15) is 51.4 Å². The van der Waals surface area contributed by atoms with Gasteiger partial charge in [-0.05, 0) is 44.7 Å². The Balaban J connectivity index is 1.55. The molecule has 0 aliphatic heterocycles. The number of ether oxygens (including phenoxy) is 2. The number of nitro benzene ring substituents is 1. The highest BCUT2D eigenvalue weighted by Gasteiger charge is 2.28. The van der Waals surface area contributed by atoms with Crippen molar-refractivity contribution in [2.24, 2.45) is 0 Å². The lowest BCUT2D eigenvalue weighted by molar-refractivity contribution is -0.384. The maximum Gasteiger partial charge on any atom is 0.341 e. The highest BCUT2D eigenvalue weighted by atomic mass is 32.1. The van der Waals surface area contributed by atoms with Crippen molar-refractivity contribution in [3.63, 3.8) is 0 Å². The van der Waals surface area contributed by atoms with Gasteiger partial charge in [0, 0.05) is 22.6 Å². The van der Waals surface area contributed by atoms with Gasteiger partial charge in [-0.1, -0.05) is 6.07 Å². The smallest absolute Gasteiger partial charge is 0.341 e. The van der Waals surface area contributed by atoms with Crippen LogP contribution in [0.3, 0.4) is 0 Å². The van der Waals surface area contributed by atoms with E-state index in [2.05, 4.69) is 10.6 Å². The van der Waals surface area contributed by atoms with Gasteiger partial charge in [-0.25, -0.2) is 9.59 Å². The van der Waals surface area contributed by atoms with Gasteiger partial charge in [-0.3, -0.25) is 19.7 Å². The third-order valence-corrected chi connectivity index (χ3v) is 6.23. The number of nitrogens with one attached hydrogen (secondary N) is 2. The van der Waals surface area contributed by atoms with Crippen molar-refractivity contribution >= 4 is 45.8 Å². The molecular formula is C22H23N3O8S. The largest absolute Gasteiger partial charge is 0.462 e. The molecule has 34 heavy (non-hydrogen) atoms. The Morgan fingerprint density at radius 3 is 2.68 bits per heavy atom. The van der Waals surface area contributed by atoms with Crippen LogP contribution in [-0.2, 0) is 31.9 Å². The minimum Gasteiger partial charge on any atom is -0.462 e. The highest BCUT2D eigenvalue weighted by Crippen LogP contribution is 2.39. The topological polar surface area (TPSA) is 154 Å². The van der Waals surface area contributed by atoms with Crippen LogP contribution in [0.4, 0.5) is 10.7 Å². The molecule has 11 nitrogen and oxygen atoms in total. The molecule has 1 aromatic heterocycles. The first-order chi connectivity index (χ1) is 16.2. The standard InChI is InChI=1S/C22H23N3O8S/c1-3-32-22(29)18-15-8-5-9-16(15)34-20(18)24-17(26)11-33-21(28)12(2)23-19(27)13-6-4-7-14(10-13)25(30)31/h4,6-7,10,12H,3,5,8-9,11H2,1-2H3,(H,23,27)(H,24,26)/t12-/m0/s1. The summed E-state index contributed by atoms with van der Waals surface area (Å²) in [5, 5.41) is 16.2. The number of esters is 2. The Kier molecular flexibility index (Phi) is 7.95. The fourth-order valence-electron chi connectivity index (χ4n) is 3.44. The van der Waals surface area contributed by atoms with Gasteiger partial charge in [0.25, 0.3) is 17.5 Å². The second-order valence-corrected chi connectivity index (χ2v) is 8.55. The van der Waals surface area contributed by atoms with Gasteiger partial charge in [-0.2, -0.15) is 0 Å². The third kappa shape index (κ3) is 5.76. The SMILES string of the molecule is CCOC(=O)c1c(NC(=O)COC(=O)[C@H](C)NC(=O)c2cccc([N+](=O)[O-])c2)sc2c1CCC2. The Bertz CT molecular complexity index is 1140. The quantitative estimate of drug-likeness (QED) is 0.309. The number of nitro groups is 1. The fourth-order valence-corrected chi connectivity index (χ4v) is 4.73. The maximum absolute atomic E-state index is 12.4. The molecule has 0 saturated carbocycles. The molecule has 0 unspecified atom stereocenters. The van der Waals surface area contributed by atoms with Gasteiger partial charge in [0.1, 0.15) is 11.0 Å². The van der Waals surface area contributed by atoms with E-state index in [0.717, 1.165) is 35.8 Å². The lowest BCUT2D eigenvalue weighted by atomic mass is 10.1. The minimum atomic E-state index is -1.11. The first-order valence-corrected chi connectivity index (χ1v) is 11.4. The molecule has 0 spiro atoms. The van der Waals surface area contributed by atoms with Crippen molar-refractivity contribution in [2.75, 3.05) is 18.5 Å². The number of non-ortho nitro benzene ring substituents is 1. The molecule has 12 heteroatoms. The number of aryl methyl sites for hydroxylation is 1. The number of fused-ring (bicyclic) bond motifs is 1. The van der Waals surface area contributed by atoms with E-state index in [9.17, 15) is 29.3 Å². The summed E-state index contributed by atoms with van der Waals surface area (Å²) in [5.41, 5.74) is 0.968. The van der Waals surface area contributed by atoms with Crippen LogP contribution >= 0.6 is 11.3 Å². The van der Waals surface area contributed by atoms with Crippen LogP contribution in [0.25, 0.3) is 0 Å². The summed E-state index contributed by atoms with van der Waals surface area (Å²) in [5.74, 6) is -2.72. The molecule has 0 saturated heterocycles. The summed E-state index contributed by atoms with van der Waals surface area (Å²) >= 11 is 1.30. The van der Waals surface area contributed by atoms with Crippen LogP contribution < -0.4 is 10.6 Å². The van der Waals surface area contributed by atoms with Crippen LogP contribution in [0.5, 0.6) is 0 Å². The van der Waals surface area contributed by atoms with E-state index in [4.69, 9.17) is 9.47 Å². The third-order valence-electron chi connectivity index (χ3n) is 5.02. The molecule has 1 aromatic carbocycles. The molecule has 0 radical (unpaired) electrons. The Labute approximate surface area is 198 Å². The maximum atomic E-state index is 12.4. The molecule has 180 valence electrons. The number of amides is 2. The van der Waals surface area contributed by atoms with E-state index in [1.165, 1.54) is 36.5 Å². The normalized spacial score (nSPS) is 12.9. The molecule has 0 fully saturated rings. The van der Waals surface area contributed by atoms with Crippen molar-refractivity contribution in [3.8, 4) is 0 Å². The summed E-state index contributed by atoms with van der Waals surface area (Å²) < 4.78 is 10.1. The number of hydrogen-bond acceptors (Lipinski definition) is 9. The van der Waals surface area contributed by atoms with Gasteiger partial charge in [-0.15, -0.1) is 11.3 Å². The van der Waals surface area contributed by atoms with E-state index in [0.29, 0.717) is 10.6 Å². The summed E-state index contributed by atoms with van der Waals surface area (Å²) in [7, 11) is 0. The zero-order valence-corrected chi connectivity index (χ0v) is 19.4. The number of thiophene rings is 1. The van der Waals surface area contributed by atoms with Gasteiger partial charge < -0.3 is 20.1 Å². The fraction of sp³-hybridized carbons (Fsp3) is 0.364. The summed E-state index contributed by atoms with van der Waals surface area (Å²) in [6, 6.07) is 3.93. The first-order valence-electron chi connectivity index (χ1n) is 10.5. The van der Waals surface area contributed by atoms with E-state index in [1.54, 1.807) is 6.92 Å². The number of carbonyl (C=O) groups excluding carboxylic acids is 4. The summed E-state index contributed by atoms with van der Waals surface area (Å²) in [6.45, 7) is 2.63. The van der Waals surface area contributed by atoms with Crippen molar-refractivity contribution in [1.82, 2.24) is 5.32 Å². The molecule has 2 N–H and O–H groups in total. The second kappa shape index (κ2) is 10.9. The lowest BCUT2D eigenvalue weighted by Gasteiger charge is -2.13. The number of carbonyl (C=O) groups is 4. The van der Waals surface area contributed by atoms with Crippen LogP contribution in [-0.4, -0.2) is 47.9 Å². The molecular weight excluding hydrogens is 466 g/mol. The monoisotopic (exact) mass is 489 g/mol. The predicted molar refractivity (Wildman–Crippen MR) is 122 cm³/mol. The lowest BCUT2D eigenvalue weighted by Crippen LogP contribution is -2.40. The van der Waals surface area contributed by atoms with Crippen molar-refractivity contribution < 1.29 is 33.6 Å². The number of anilines is 1. The Hall–Kier alpha value is -3.80. The van der Waals surface area contributed by atoms with Gasteiger partial charge in [0.05, 0.1) is 17.1 Å². The van der Waals surface area contributed by atoms with E-state index < -0.39 is 41.3 Å². The van der Waals surface area contributed by atoms with E-state index in [-0.39, 0.29) is 17.9 Å². The zero-order chi connectivity index (χ0) is 24.8. The van der Waals surface area contributed by atoms with Gasteiger partial charge in [0.15, 0.2) is 6.61 Å². The minimum absolute atomic E-state index is 0.00355. The molecule has 3 rings (SSSR count). The number of benzene rings is 1. The first kappa shape index (κ1) is 24.8. The summed E-state index contributed by atoms with van der Waals surface area (Å²) in [4.78, 5) is 60.5. The number of rotatable bonds is 9. The molecule has 0 bridgehead atoms. The Morgan fingerprint density at radius 2 is 1.97 bits per heavy atom. The molecule has 2 aromatic rings. The average molecular weight is 490 g/mol. The second-order valence-electron chi connectivity index (χ2n) is 7.44. The molecule has 1 aliphatic rings. The molecule has 1 atom stereocenters. The number of nitrogens with zero attached hydrogens (tertiary/aromatic N) is 1. The molecule has 2 amide bonds. The summed E-state index contributed by atoms with van der Waals surface area (Å²) in [6.07, 6.45) is 2.48. The van der Waals surface area contributed by atoms with E-state index in [1.807, 2.05) is 0 Å². The van der Waals surface area contributed by atoms with Crippen LogP contribution in [0.15, 0.2) is 24.3 Å². The van der Waals surface area contributed by atoms with Crippen molar-refractivity contribution in [2.45, 2.75) is 39.2 Å². The van der Waals surface area contributed by atoms with E-state index >= 15 is 0 Å². The molecule has 1 heterocycles. The Morgan fingerprint density at radius 1 is 1.21 bits per heavy atom. The highest BCUT2D eigenvalue weighted by molar-refractivity contribution is 7.17.